The molecule has 4 aromatic rings. The van der Waals surface area contributed by atoms with Gasteiger partial charge in [0.25, 0.3) is 5.89 Å². The van der Waals surface area contributed by atoms with Crippen LogP contribution in [0.3, 0.4) is 0 Å². The molecule has 0 N–H and O–H groups in total. The third-order valence-electron chi connectivity index (χ3n) is 7.24. The van der Waals surface area contributed by atoms with Crippen LogP contribution in [-0.4, -0.2) is 46.8 Å². The van der Waals surface area contributed by atoms with Gasteiger partial charge in [0.15, 0.2) is 5.82 Å². The number of hydrogen-bond acceptors (Lipinski definition) is 8. The fourth-order valence-corrected chi connectivity index (χ4v) is 4.83. The number of anilines is 1. The van der Waals surface area contributed by atoms with Crippen molar-refractivity contribution in [2.45, 2.75) is 43.8 Å². The van der Waals surface area contributed by atoms with Gasteiger partial charge in [-0.1, -0.05) is 24.3 Å². The van der Waals surface area contributed by atoms with Crippen LogP contribution < -0.4 is 9.64 Å². The molecule has 0 spiro atoms. The molecule has 5 rings (SSSR count). The van der Waals surface area contributed by atoms with Crippen LogP contribution in [0.25, 0.3) is 11.6 Å². The van der Waals surface area contributed by atoms with Crippen LogP contribution >= 0.6 is 0 Å². The molecule has 0 aliphatic carbocycles. The Hall–Kier alpha value is -4.20. The minimum Gasteiger partial charge on any atom is -0.497 e. The number of piperidine rings is 1. The lowest BCUT2D eigenvalue weighted by Gasteiger charge is -2.43. The van der Waals surface area contributed by atoms with Crippen molar-refractivity contribution in [3.63, 3.8) is 0 Å². The van der Waals surface area contributed by atoms with E-state index in [2.05, 4.69) is 20.4 Å². The number of benzene rings is 2. The van der Waals surface area contributed by atoms with Gasteiger partial charge in [0.2, 0.25) is 5.89 Å². The highest BCUT2D eigenvalue weighted by atomic mass is 19.4. The van der Waals surface area contributed by atoms with Gasteiger partial charge in [-0.3, -0.25) is 0 Å². The monoisotopic (exact) mass is 593 g/mol. The third-order valence-corrected chi connectivity index (χ3v) is 7.24. The fraction of sp³-hybridized carbons (Fsp3) is 0.357. The molecule has 0 bridgehead atoms. The van der Waals surface area contributed by atoms with E-state index < -0.39 is 23.3 Å². The Kier molecular flexibility index (Phi) is 8.08. The minimum absolute atomic E-state index is 0.0230. The molecule has 2 aromatic carbocycles. The topological polar surface area (TPSA) is 86.4 Å². The average molecular weight is 594 g/mol. The summed E-state index contributed by atoms with van der Waals surface area (Å²) in [5.41, 5.74) is -2.24. The van der Waals surface area contributed by atoms with Gasteiger partial charge < -0.3 is 18.8 Å². The van der Waals surface area contributed by atoms with Gasteiger partial charge in [-0.2, -0.15) is 26.3 Å². The summed E-state index contributed by atoms with van der Waals surface area (Å²) in [4.78, 5) is 1.65. The lowest BCUT2D eigenvalue weighted by molar-refractivity contribution is -0.196. The zero-order valence-corrected chi connectivity index (χ0v) is 22.2. The number of halogens is 6. The molecule has 0 atom stereocenters. The molecule has 0 radical (unpaired) electrons. The first-order valence-electron chi connectivity index (χ1n) is 12.8. The van der Waals surface area contributed by atoms with E-state index in [1.54, 1.807) is 24.1 Å². The summed E-state index contributed by atoms with van der Waals surface area (Å²) < 4.78 is 97.9. The molecular weight excluding hydrogens is 568 g/mol. The largest absolute Gasteiger partial charge is 0.497 e. The van der Waals surface area contributed by atoms with Crippen molar-refractivity contribution in [1.82, 2.24) is 20.4 Å². The SMILES string of the molecule is COc1ccc(COCc2nnc(-c3ccc(N4CCC(c5ccc(C(F)(F)F)cc5)(C(F)(F)F)CC4)nn3)o2)cc1. The van der Waals surface area contributed by atoms with E-state index in [1.165, 1.54) is 0 Å². The van der Waals surface area contributed by atoms with Gasteiger partial charge in [0, 0.05) is 13.1 Å². The third kappa shape index (κ3) is 6.17. The van der Waals surface area contributed by atoms with Crippen LogP contribution in [-0.2, 0) is 29.5 Å². The summed E-state index contributed by atoms with van der Waals surface area (Å²) in [6, 6.07) is 13.8. The van der Waals surface area contributed by atoms with E-state index in [4.69, 9.17) is 13.9 Å². The number of alkyl halides is 6. The first kappa shape index (κ1) is 29.3. The molecule has 1 saturated heterocycles. The lowest BCUT2D eigenvalue weighted by atomic mass is 9.72. The Morgan fingerprint density at radius 3 is 2.07 bits per heavy atom. The Labute approximate surface area is 236 Å². The molecule has 0 unspecified atom stereocenters. The summed E-state index contributed by atoms with van der Waals surface area (Å²) in [6.45, 7) is 0.342. The summed E-state index contributed by atoms with van der Waals surface area (Å²) >= 11 is 0. The maximum absolute atomic E-state index is 14.3. The number of hydrogen-bond donors (Lipinski definition) is 0. The second kappa shape index (κ2) is 11.6. The van der Waals surface area contributed by atoms with Crippen molar-refractivity contribution in [2.75, 3.05) is 25.1 Å². The molecule has 0 amide bonds. The van der Waals surface area contributed by atoms with E-state index >= 15 is 0 Å². The lowest BCUT2D eigenvalue weighted by Crippen LogP contribution is -2.51. The van der Waals surface area contributed by atoms with Gasteiger partial charge in [-0.25, -0.2) is 0 Å². The maximum Gasteiger partial charge on any atom is 0.416 e. The minimum atomic E-state index is -4.65. The van der Waals surface area contributed by atoms with Crippen molar-refractivity contribution in [1.29, 1.82) is 0 Å². The Balaban J connectivity index is 1.20. The van der Waals surface area contributed by atoms with Crippen molar-refractivity contribution in [2.24, 2.45) is 0 Å². The van der Waals surface area contributed by atoms with Crippen molar-refractivity contribution in [3.05, 3.63) is 83.2 Å². The molecule has 14 heteroatoms. The first-order chi connectivity index (χ1) is 20.0. The molecule has 1 fully saturated rings. The Morgan fingerprint density at radius 2 is 1.50 bits per heavy atom. The highest BCUT2D eigenvalue weighted by molar-refractivity contribution is 5.49. The van der Waals surface area contributed by atoms with Crippen molar-refractivity contribution >= 4 is 5.82 Å². The second-order valence-electron chi connectivity index (χ2n) is 9.76. The van der Waals surface area contributed by atoms with E-state index in [9.17, 15) is 26.3 Å². The normalized spacial score (nSPS) is 15.5. The standard InChI is InChI=1S/C28H25F6N5O3/c1-40-21-8-2-18(3-9-21)16-41-17-24-37-38-25(42-24)22-10-11-23(36-35-22)39-14-12-26(13-15-39,28(32,33)34)19-4-6-20(7-5-19)27(29,30)31/h2-11H,12-17H2,1H3. The molecule has 0 saturated carbocycles. The van der Waals surface area contributed by atoms with Crippen LogP contribution in [0.2, 0.25) is 0 Å². The smallest absolute Gasteiger partial charge is 0.416 e. The van der Waals surface area contributed by atoms with Crippen molar-refractivity contribution < 1.29 is 40.2 Å². The predicted molar refractivity (Wildman–Crippen MR) is 137 cm³/mol. The molecule has 2 aromatic heterocycles. The number of ether oxygens (including phenoxy) is 2. The Morgan fingerprint density at radius 1 is 0.810 bits per heavy atom. The van der Waals surface area contributed by atoms with Gasteiger partial charge in [0.05, 0.1) is 24.7 Å². The average Bonchev–Trinajstić information content (AvgIpc) is 3.46. The summed E-state index contributed by atoms with van der Waals surface area (Å²) in [7, 11) is 1.58. The molecule has 1 aliphatic rings. The van der Waals surface area contributed by atoms with Crippen LogP contribution in [0, 0.1) is 0 Å². The summed E-state index contributed by atoms with van der Waals surface area (Å²) in [5.74, 6) is 1.42. The Bertz CT molecular complexity index is 1460. The van der Waals surface area contributed by atoms with E-state index in [0.29, 0.717) is 24.6 Å². The summed E-state index contributed by atoms with van der Waals surface area (Å²) in [5, 5.41) is 16.1. The molecular formula is C28H25F6N5O3. The van der Waals surface area contributed by atoms with E-state index in [0.717, 1.165) is 23.4 Å². The van der Waals surface area contributed by atoms with Crippen LogP contribution in [0.15, 0.2) is 65.1 Å². The first-order valence-corrected chi connectivity index (χ1v) is 12.8. The van der Waals surface area contributed by atoms with Gasteiger partial charge in [0.1, 0.15) is 18.1 Å². The van der Waals surface area contributed by atoms with Crippen LogP contribution in [0.5, 0.6) is 5.75 Å². The zero-order valence-electron chi connectivity index (χ0n) is 22.2. The van der Waals surface area contributed by atoms with E-state index in [-0.39, 0.29) is 55.6 Å². The molecule has 3 heterocycles. The predicted octanol–water partition coefficient (Wildman–Crippen LogP) is 6.37. The number of nitrogens with zero attached hydrogens (tertiary/aromatic N) is 5. The number of methoxy groups -OCH3 is 1. The molecule has 1 aliphatic heterocycles. The highest BCUT2D eigenvalue weighted by Gasteiger charge is 2.56. The number of aromatic nitrogens is 4. The second-order valence-corrected chi connectivity index (χ2v) is 9.76. The van der Waals surface area contributed by atoms with Crippen LogP contribution in [0.4, 0.5) is 32.2 Å². The van der Waals surface area contributed by atoms with Crippen LogP contribution in [0.1, 0.15) is 35.4 Å². The van der Waals surface area contributed by atoms with Gasteiger partial charge >= 0.3 is 12.4 Å². The zero-order chi connectivity index (χ0) is 30.0. The number of rotatable bonds is 8. The molecule has 42 heavy (non-hydrogen) atoms. The quantitative estimate of drug-likeness (QED) is 0.218. The van der Waals surface area contributed by atoms with Gasteiger partial charge in [-0.05, 0) is 60.4 Å². The molecule has 8 nitrogen and oxygen atoms in total. The molecule has 222 valence electrons. The van der Waals surface area contributed by atoms with Gasteiger partial charge in [-0.15, -0.1) is 20.4 Å². The van der Waals surface area contributed by atoms with E-state index in [1.807, 2.05) is 24.3 Å². The van der Waals surface area contributed by atoms with Crippen molar-refractivity contribution in [3.8, 4) is 17.3 Å². The maximum atomic E-state index is 14.3. The highest BCUT2D eigenvalue weighted by Crippen LogP contribution is 2.49. The summed E-state index contributed by atoms with van der Waals surface area (Å²) in [6.07, 6.45) is -9.99. The fourth-order valence-electron chi connectivity index (χ4n) is 4.83.